The Morgan fingerprint density at radius 1 is 0.789 bits per heavy atom. The SMILES string of the molecule is C[Si]1CCCCO[Si](C)(C)O[Si](C)(C)O[Si](C)(C)O1. The minimum atomic E-state index is -2.18. The number of rotatable bonds is 0. The van der Waals surface area contributed by atoms with E-state index in [1.807, 2.05) is 0 Å². The van der Waals surface area contributed by atoms with Gasteiger partial charge in [-0.15, -0.1) is 0 Å². The van der Waals surface area contributed by atoms with Crippen LogP contribution in [0.5, 0.6) is 0 Å². The van der Waals surface area contributed by atoms with Crippen LogP contribution in [0.25, 0.3) is 0 Å². The molecule has 0 spiro atoms. The normalized spacial score (nSPS) is 29.2. The fourth-order valence-electron chi connectivity index (χ4n) is 2.52. The molecule has 0 unspecified atom stereocenters. The highest BCUT2D eigenvalue weighted by molar-refractivity contribution is 6.86. The van der Waals surface area contributed by atoms with Crippen LogP contribution in [-0.4, -0.2) is 41.3 Å². The van der Waals surface area contributed by atoms with Gasteiger partial charge in [-0.25, -0.2) is 0 Å². The Bertz CT molecular complexity index is 296. The molecule has 1 fully saturated rings. The second-order valence-electron chi connectivity index (χ2n) is 6.51. The molecule has 1 saturated heterocycles. The van der Waals surface area contributed by atoms with Crippen LogP contribution in [0.15, 0.2) is 0 Å². The van der Waals surface area contributed by atoms with Crippen molar-refractivity contribution in [1.82, 2.24) is 0 Å². The summed E-state index contributed by atoms with van der Waals surface area (Å²) in [6.45, 7) is 15.8. The lowest BCUT2D eigenvalue weighted by molar-refractivity contribution is 0.219. The first-order valence-electron chi connectivity index (χ1n) is 7.07. The van der Waals surface area contributed by atoms with Crippen molar-refractivity contribution < 1.29 is 16.8 Å². The van der Waals surface area contributed by atoms with E-state index in [0.717, 1.165) is 13.0 Å². The van der Waals surface area contributed by atoms with E-state index in [4.69, 9.17) is 16.8 Å². The third-order valence-electron chi connectivity index (χ3n) is 2.78. The van der Waals surface area contributed by atoms with Gasteiger partial charge in [0.2, 0.25) is 0 Å². The molecule has 0 saturated carbocycles. The molecule has 0 bridgehead atoms. The van der Waals surface area contributed by atoms with E-state index >= 15 is 0 Å². The summed E-state index contributed by atoms with van der Waals surface area (Å²) in [5.74, 6) is 0. The summed E-state index contributed by atoms with van der Waals surface area (Å²) in [4.78, 5) is 0. The standard InChI is InChI=1S/C11H29O4Si4/c1-16-11-9-8-10-12-17(2,3)14-19(6,7)15-18(4,5)13-16/h8-11H2,1-7H3. The highest BCUT2D eigenvalue weighted by Gasteiger charge is 2.42. The van der Waals surface area contributed by atoms with Crippen molar-refractivity contribution in [2.24, 2.45) is 0 Å². The first kappa shape index (κ1) is 17.8. The Balaban J connectivity index is 2.80. The van der Waals surface area contributed by atoms with Crippen molar-refractivity contribution in [3.05, 3.63) is 0 Å². The van der Waals surface area contributed by atoms with Crippen molar-refractivity contribution in [3.63, 3.8) is 0 Å². The maximum atomic E-state index is 6.32. The average molecular weight is 338 g/mol. The van der Waals surface area contributed by atoms with Gasteiger partial charge in [0.05, 0.1) is 0 Å². The second kappa shape index (κ2) is 6.65. The van der Waals surface area contributed by atoms with Crippen molar-refractivity contribution in [2.45, 2.75) is 64.7 Å². The van der Waals surface area contributed by atoms with Crippen LogP contribution >= 0.6 is 0 Å². The predicted octanol–water partition coefficient (Wildman–Crippen LogP) is 3.57. The molecular weight excluding hydrogens is 308 g/mol. The van der Waals surface area contributed by atoms with E-state index in [9.17, 15) is 0 Å². The molecule has 0 aromatic carbocycles. The maximum absolute atomic E-state index is 6.32. The topological polar surface area (TPSA) is 36.9 Å². The van der Waals surface area contributed by atoms with Crippen LogP contribution in [0.3, 0.4) is 0 Å². The van der Waals surface area contributed by atoms with E-state index in [-0.39, 0.29) is 0 Å². The smallest absolute Gasteiger partial charge is 0.322 e. The van der Waals surface area contributed by atoms with Crippen molar-refractivity contribution in [1.29, 1.82) is 0 Å². The Hall–Kier alpha value is 0.708. The number of hydrogen-bond donors (Lipinski definition) is 0. The van der Waals surface area contributed by atoms with E-state index in [0.29, 0.717) is 0 Å². The van der Waals surface area contributed by atoms with Crippen LogP contribution in [0.2, 0.25) is 51.9 Å². The maximum Gasteiger partial charge on any atom is 0.322 e. The van der Waals surface area contributed by atoms with Crippen LogP contribution in [0.1, 0.15) is 12.8 Å². The molecule has 0 amide bonds. The van der Waals surface area contributed by atoms with E-state index < -0.39 is 34.7 Å². The summed E-state index contributed by atoms with van der Waals surface area (Å²) in [5, 5.41) is 0. The van der Waals surface area contributed by atoms with E-state index in [1.165, 1.54) is 12.5 Å². The molecule has 1 heterocycles. The molecule has 1 aliphatic rings. The molecule has 19 heavy (non-hydrogen) atoms. The molecule has 8 heteroatoms. The summed E-state index contributed by atoms with van der Waals surface area (Å²) >= 11 is 0. The molecule has 0 aromatic heterocycles. The lowest BCUT2D eigenvalue weighted by Gasteiger charge is -2.39. The quantitative estimate of drug-likeness (QED) is 0.633. The van der Waals surface area contributed by atoms with Crippen molar-refractivity contribution in [3.8, 4) is 0 Å². The van der Waals surface area contributed by atoms with Gasteiger partial charge in [0.1, 0.15) is 0 Å². The zero-order valence-corrected chi connectivity index (χ0v) is 17.5. The van der Waals surface area contributed by atoms with Gasteiger partial charge in [0.25, 0.3) is 0 Å². The minimum Gasteiger partial charge on any atom is -0.436 e. The van der Waals surface area contributed by atoms with Gasteiger partial charge in [-0.05, 0) is 58.3 Å². The van der Waals surface area contributed by atoms with Gasteiger partial charge in [-0.2, -0.15) is 0 Å². The molecule has 0 aromatic rings. The van der Waals surface area contributed by atoms with Crippen molar-refractivity contribution in [2.75, 3.05) is 6.61 Å². The Labute approximate surface area is 123 Å². The van der Waals surface area contributed by atoms with Gasteiger partial charge in [-0.3, -0.25) is 0 Å². The molecule has 1 rings (SSSR count). The molecule has 0 atom stereocenters. The second-order valence-corrected chi connectivity index (χ2v) is 19.6. The Morgan fingerprint density at radius 2 is 1.37 bits per heavy atom. The first-order chi connectivity index (χ1) is 8.52. The van der Waals surface area contributed by atoms with Gasteiger partial charge in [-0.1, -0.05) is 6.42 Å². The molecular formula is C11H29O4Si4. The highest BCUT2D eigenvalue weighted by Crippen LogP contribution is 2.24. The predicted molar refractivity (Wildman–Crippen MR) is 87.3 cm³/mol. The number of hydrogen-bond acceptors (Lipinski definition) is 4. The first-order valence-corrected chi connectivity index (χ1v) is 17.6. The zero-order chi connectivity index (χ0) is 14.7. The molecule has 113 valence electrons. The van der Waals surface area contributed by atoms with E-state index in [2.05, 4.69) is 45.8 Å². The van der Waals surface area contributed by atoms with Crippen molar-refractivity contribution >= 4 is 34.7 Å². The Morgan fingerprint density at radius 3 is 2.00 bits per heavy atom. The fourth-order valence-corrected chi connectivity index (χ4v) is 18.5. The minimum absolute atomic E-state index is 0.744. The van der Waals surface area contributed by atoms with Crippen LogP contribution in [0.4, 0.5) is 0 Å². The summed E-state index contributed by atoms with van der Waals surface area (Å²) in [6, 6.07) is 1.18. The lowest BCUT2D eigenvalue weighted by atomic mass is 10.4. The third-order valence-corrected chi connectivity index (χ3v) is 16.0. The van der Waals surface area contributed by atoms with Gasteiger partial charge in [0, 0.05) is 6.61 Å². The fraction of sp³-hybridized carbons (Fsp3) is 1.00. The monoisotopic (exact) mass is 337 g/mol. The summed E-state index contributed by atoms with van der Waals surface area (Å²) in [7, 11) is -7.07. The molecule has 0 N–H and O–H groups in total. The molecule has 4 nitrogen and oxygen atoms in total. The van der Waals surface area contributed by atoms with E-state index in [1.54, 1.807) is 0 Å². The van der Waals surface area contributed by atoms with Crippen LogP contribution in [0, 0.1) is 0 Å². The summed E-state index contributed by atoms with van der Waals surface area (Å²) in [5.41, 5.74) is 0. The van der Waals surface area contributed by atoms with Gasteiger partial charge in [0.15, 0.2) is 9.04 Å². The third kappa shape index (κ3) is 7.32. The largest absolute Gasteiger partial charge is 0.436 e. The molecule has 1 radical (unpaired) electrons. The van der Waals surface area contributed by atoms with Crippen LogP contribution in [-0.2, 0) is 16.8 Å². The Kier molecular flexibility index (Phi) is 6.21. The summed E-state index contributed by atoms with van der Waals surface area (Å²) < 4.78 is 24.8. The summed E-state index contributed by atoms with van der Waals surface area (Å²) in [6.07, 6.45) is 2.29. The van der Waals surface area contributed by atoms with Crippen LogP contribution < -0.4 is 0 Å². The zero-order valence-electron chi connectivity index (χ0n) is 13.5. The lowest BCUT2D eigenvalue weighted by Crippen LogP contribution is -2.55. The molecule has 1 aliphatic heterocycles. The average Bonchev–Trinajstić information content (AvgIpc) is 2.09. The van der Waals surface area contributed by atoms with Gasteiger partial charge < -0.3 is 16.8 Å². The highest BCUT2D eigenvalue weighted by atomic mass is 28.5. The molecule has 0 aliphatic carbocycles. The van der Waals surface area contributed by atoms with Gasteiger partial charge >= 0.3 is 25.7 Å².